The molecular weight excluding hydrogens is 408 g/mol. The van der Waals surface area contributed by atoms with Crippen LogP contribution < -0.4 is 0 Å². The molecule has 0 aromatic heterocycles. The second-order valence-electron chi connectivity index (χ2n) is 10.9. The highest BCUT2D eigenvalue weighted by atomic mass is 16.6. The van der Waals surface area contributed by atoms with Gasteiger partial charge >= 0.3 is 17.9 Å². The Kier molecular flexibility index (Phi) is 5.79. The highest BCUT2D eigenvalue weighted by Gasteiger charge is 2.60. The van der Waals surface area contributed by atoms with Crippen LogP contribution in [0.4, 0.5) is 0 Å². The highest BCUT2D eigenvalue weighted by Crippen LogP contribution is 2.66. The maximum Gasteiger partial charge on any atom is 0.306 e. The number of hydrogen-bond donors (Lipinski definition) is 1. The van der Waals surface area contributed by atoms with E-state index in [1.54, 1.807) is 0 Å². The van der Waals surface area contributed by atoms with Crippen LogP contribution in [0.5, 0.6) is 0 Å². The Morgan fingerprint density at radius 1 is 1.03 bits per heavy atom. The molecular formula is C26H36O6. The second-order valence-corrected chi connectivity index (χ2v) is 10.9. The van der Waals surface area contributed by atoms with Crippen LogP contribution in [-0.4, -0.2) is 35.2 Å². The number of ether oxygens (including phenoxy) is 2. The Morgan fingerprint density at radius 3 is 2.34 bits per heavy atom. The molecule has 4 aliphatic carbocycles. The van der Waals surface area contributed by atoms with E-state index in [4.69, 9.17) is 9.47 Å². The Labute approximate surface area is 190 Å². The van der Waals surface area contributed by atoms with E-state index in [1.807, 2.05) is 6.92 Å². The number of fused-ring (bicyclic) bond motifs is 5. The summed E-state index contributed by atoms with van der Waals surface area (Å²) in [4.78, 5) is 35.4. The first kappa shape index (κ1) is 23.1. The fourth-order valence-corrected chi connectivity index (χ4v) is 7.73. The predicted octanol–water partition coefficient (Wildman–Crippen LogP) is 4.68. The van der Waals surface area contributed by atoms with Crippen LogP contribution >= 0.6 is 0 Å². The van der Waals surface area contributed by atoms with Gasteiger partial charge in [-0.25, -0.2) is 0 Å². The molecule has 6 nitrogen and oxygen atoms in total. The molecule has 0 aliphatic heterocycles. The summed E-state index contributed by atoms with van der Waals surface area (Å²) in [6.07, 6.45) is 8.83. The second kappa shape index (κ2) is 8.03. The van der Waals surface area contributed by atoms with Crippen LogP contribution in [-0.2, 0) is 23.9 Å². The van der Waals surface area contributed by atoms with E-state index in [9.17, 15) is 19.5 Å². The first-order chi connectivity index (χ1) is 15.0. The van der Waals surface area contributed by atoms with Crippen molar-refractivity contribution < 1.29 is 29.0 Å². The van der Waals surface area contributed by atoms with Gasteiger partial charge in [0.2, 0.25) is 0 Å². The van der Waals surface area contributed by atoms with Gasteiger partial charge in [-0.15, -0.1) is 0 Å². The van der Waals surface area contributed by atoms with Gasteiger partial charge in [0, 0.05) is 32.1 Å². The normalized spacial score (nSPS) is 41.2. The summed E-state index contributed by atoms with van der Waals surface area (Å²) < 4.78 is 11.4. The summed E-state index contributed by atoms with van der Waals surface area (Å²) in [5, 5.41) is 9.67. The molecule has 0 aromatic carbocycles. The minimum absolute atomic E-state index is 0.0201. The van der Waals surface area contributed by atoms with E-state index >= 15 is 0 Å². The Morgan fingerprint density at radius 2 is 1.72 bits per heavy atom. The number of carbonyl (C=O) groups excluding carboxylic acids is 2. The van der Waals surface area contributed by atoms with Gasteiger partial charge in [-0.05, 0) is 48.9 Å². The maximum absolute atomic E-state index is 12.0. The maximum atomic E-state index is 12.0. The van der Waals surface area contributed by atoms with Gasteiger partial charge in [0.1, 0.15) is 12.2 Å². The van der Waals surface area contributed by atoms with E-state index in [-0.39, 0.29) is 52.7 Å². The third-order valence-corrected chi connectivity index (χ3v) is 9.31. The molecule has 176 valence electrons. The molecule has 3 fully saturated rings. The van der Waals surface area contributed by atoms with Gasteiger partial charge in [0.25, 0.3) is 0 Å². The predicted molar refractivity (Wildman–Crippen MR) is 118 cm³/mol. The van der Waals surface area contributed by atoms with Crippen LogP contribution in [0.2, 0.25) is 0 Å². The van der Waals surface area contributed by atoms with E-state index in [2.05, 4.69) is 26.0 Å². The first-order valence-electron chi connectivity index (χ1n) is 12.0. The van der Waals surface area contributed by atoms with Crippen LogP contribution in [0.15, 0.2) is 23.3 Å². The SMILES string of the molecule is CC(=O)OC1CC2=CC=C3[C@@H]4CC[C@H](C(C)C(=O)O)[C@@]4(C)CC[C@@H]3[C@@]2(C)C(OC(C)=O)C1. The van der Waals surface area contributed by atoms with Gasteiger partial charge in [-0.2, -0.15) is 0 Å². The number of carboxylic acid groups (broad SMARTS) is 1. The molecule has 0 radical (unpaired) electrons. The van der Waals surface area contributed by atoms with Gasteiger partial charge in [0.15, 0.2) is 0 Å². The van der Waals surface area contributed by atoms with E-state index < -0.39 is 5.97 Å². The summed E-state index contributed by atoms with van der Waals surface area (Å²) in [6, 6.07) is 0. The monoisotopic (exact) mass is 444 g/mol. The smallest absolute Gasteiger partial charge is 0.306 e. The summed E-state index contributed by atoms with van der Waals surface area (Å²) >= 11 is 0. The van der Waals surface area contributed by atoms with Crippen molar-refractivity contribution >= 4 is 17.9 Å². The quantitative estimate of drug-likeness (QED) is 0.633. The standard InChI is InChI=1S/C26H36O6/c1-14(24(29)30)20-8-9-21-19-7-6-17-12-18(31-15(2)27)13-23(32-16(3)28)26(17,5)22(19)10-11-25(20,21)4/h6-7,14,18,20-23H,8-13H2,1-5H3,(H,29,30)/t14?,18?,20-,21+,22+,23?,25-,26+/m1/s1. The molecule has 0 aromatic rings. The molecule has 4 rings (SSSR count). The fourth-order valence-electron chi connectivity index (χ4n) is 7.73. The van der Waals surface area contributed by atoms with Gasteiger partial charge < -0.3 is 14.6 Å². The molecule has 3 unspecified atom stereocenters. The first-order valence-corrected chi connectivity index (χ1v) is 12.0. The molecule has 0 heterocycles. The molecule has 32 heavy (non-hydrogen) atoms. The van der Waals surface area contributed by atoms with Crippen molar-refractivity contribution in [1.29, 1.82) is 0 Å². The van der Waals surface area contributed by atoms with Crippen molar-refractivity contribution in [3.05, 3.63) is 23.3 Å². The lowest BCUT2D eigenvalue weighted by Crippen LogP contribution is -2.54. The molecule has 6 heteroatoms. The minimum Gasteiger partial charge on any atom is -0.481 e. The Hall–Kier alpha value is -2.11. The zero-order valence-electron chi connectivity index (χ0n) is 19.8. The minimum atomic E-state index is -0.704. The molecule has 0 spiro atoms. The van der Waals surface area contributed by atoms with Crippen molar-refractivity contribution in [2.75, 3.05) is 0 Å². The van der Waals surface area contributed by atoms with Crippen molar-refractivity contribution in [2.45, 2.75) is 85.4 Å². The summed E-state index contributed by atoms with van der Waals surface area (Å²) in [7, 11) is 0. The van der Waals surface area contributed by atoms with Gasteiger partial charge in [-0.3, -0.25) is 14.4 Å². The van der Waals surface area contributed by atoms with E-state index in [0.717, 1.165) is 25.7 Å². The lowest BCUT2D eigenvalue weighted by Gasteiger charge is -2.57. The number of allylic oxidation sites excluding steroid dienone is 3. The lowest BCUT2D eigenvalue weighted by molar-refractivity contribution is -0.165. The van der Waals surface area contributed by atoms with Gasteiger partial charge in [0.05, 0.1) is 5.92 Å². The van der Waals surface area contributed by atoms with Crippen LogP contribution in [0.3, 0.4) is 0 Å². The number of carbonyl (C=O) groups is 3. The van der Waals surface area contributed by atoms with E-state index in [1.165, 1.54) is 25.0 Å². The molecule has 0 saturated heterocycles. The average Bonchev–Trinajstić information content (AvgIpc) is 3.04. The van der Waals surface area contributed by atoms with Crippen molar-refractivity contribution in [3.8, 4) is 0 Å². The number of rotatable bonds is 4. The van der Waals surface area contributed by atoms with Crippen LogP contribution in [0.25, 0.3) is 0 Å². The van der Waals surface area contributed by atoms with E-state index in [0.29, 0.717) is 18.8 Å². The van der Waals surface area contributed by atoms with Crippen molar-refractivity contribution in [2.24, 2.45) is 34.5 Å². The van der Waals surface area contributed by atoms with Crippen LogP contribution in [0, 0.1) is 34.5 Å². The topological polar surface area (TPSA) is 89.9 Å². The van der Waals surface area contributed by atoms with Crippen molar-refractivity contribution in [1.82, 2.24) is 0 Å². The zero-order valence-corrected chi connectivity index (χ0v) is 19.8. The average molecular weight is 445 g/mol. The molecule has 3 saturated carbocycles. The summed E-state index contributed by atoms with van der Waals surface area (Å²) in [5.74, 6) is -0.898. The van der Waals surface area contributed by atoms with Gasteiger partial charge in [-0.1, -0.05) is 44.1 Å². The third kappa shape index (κ3) is 3.50. The largest absolute Gasteiger partial charge is 0.481 e. The zero-order chi connectivity index (χ0) is 23.4. The fraction of sp³-hybridized carbons (Fsp3) is 0.731. The van der Waals surface area contributed by atoms with Crippen LogP contribution in [0.1, 0.15) is 73.1 Å². The lowest BCUT2D eigenvalue weighted by atomic mass is 9.49. The molecule has 0 amide bonds. The molecule has 8 atom stereocenters. The molecule has 1 N–H and O–H groups in total. The number of hydrogen-bond acceptors (Lipinski definition) is 5. The summed E-state index contributed by atoms with van der Waals surface area (Å²) in [6.45, 7) is 9.21. The third-order valence-electron chi connectivity index (χ3n) is 9.31. The number of aliphatic carboxylic acids is 1. The number of carboxylic acids is 1. The highest BCUT2D eigenvalue weighted by molar-refractivity contribution is 5.70. The molecule has 0 bridgehead atoms. The molecule has 4 aliphatic rings. The Balaban J connectivity index is 1.70. The summed E-state index contributed by atoms with van der Waals surface area (Å²) in [5.41, 5.74) is 2.23. The van der Waals surface area contributed by atoms with Crippen molar-refractivity contribution in [3.63, 3.8) is 0 Å². The Bertz CT molecular complexity index is 887. The number of esters is 2.